The fraction of sp³-hybridized carbons (Fsp3) is 0.533. The van der Waals surface area contributed by atoms with Crippen LogP contribution >= 0.6 is 0 Å². The van der Waals surface area contributed by atoms with Gasteiger partial charge < -0.3 is 10.3 Å². The minimum Gasteiger partial charge on any atom is -0.340 e. The van der Waals surface area contributed by atoms with Crippen LogP contribution in [0.25, 0.3) is 0 Å². The van der Waals surface area contributed by atoms with Crippen molar-refractivity contribution in [1.82, 2.24) is 30.5 Å². The third kappa shape index (κ3) is 3.46. The van der Waals surface area contributed by atoms with Crippen LogP contribution in [0.15, 0.2) is 4.79 Å². The van der Waals surface area contributed by atoms with Gasteiger partial charge in [-0.05, 0) is 27.7 Å². The van der Waals surface area contributed by atoms with Crippen molar-refractivity contribution in [2.75, 3.05) is 0 Å². The van der Waals surface area contributed by atoms with Crippen LogP contribution in [0.2, 0.25) is 0 Å². The van der Waals surface area contributed by atoms with E-state index in [0.29, 0.717) is 23.2 Å². The van der Waals surface area contributed by atoms with E-state index in [2.05, 4.69) is 30.5 Å². The molecule has 2 aromatic rings. The number of hydrogen-bond donors (Lipinski definition) is 3. The number of aryl methyl sites for hydroxylation is 2. The van der Waals surface area contributed by atoms with Crippen LogP contribution in [0, 0.1) is 13.8 Å². The van der Waals surface area contributed by atoms with Crippen LogP contribution in [-0.2, 0) is 5.54 Å². The Balaban J connectivity index is 2.33. The molecule has 0 saturated carbocycles. The van der Waals surface area contributed by atoms with Crippen molar-refractivity contribution in [3.05, 3.63) is 39.1 Å². The molecular weight excluding hydrogens is 296 g/mol. The Morgan fingerprint density at radius 1 is 1.22 bits per heavy atom. The molecule has 0 aliphatic carbocycles. The van der Waals surface area contributed by atoms with Crippen LogP contribution in [0.3, 0.4) is 0 Å². The van der Waals surface area contributed by atoms with Gasteiger partial charge in [0.1, 0.15) is 17.2 Å². The number of aromatic nitrogens is 5. The molecule has 2 aromatic heterocycles. The third-order valence-corrected chi connectivity index (χ3v) is 3.47. The van der Waals surface area contributed by atoms with E-state index in [9.17, 15) is 9.59 Å². The number of aromatic amines is 2. The van der Waals surface area contributed by atoms with Crippen molar-refractivity contribution in [3.8, 4) is 0 Å². The molecule has 0 atom stereocenters. The van der Waals surface area contributed by atoms with Gasteiger partial charge in [-0.3, -0.25) is 14.7 Å². The molecule has 0 unspecified atom stereocenters. The van der Waals surface area contributed by atoms with Crippen molar-refractivity contribution in [2.24, 2.45) is 0 Å². The first-order chi connectivity index (χ1) is 10.6. The van der Waals surface area contributed by atoms with Crippen molar-refractivity contribution in [1.29, 1.82) is 0 Å². The van der Waals surface area contributed by atoms with Gasteiger partial charge in [-0.25, -0.2) is 9.97 Å². The zero-order chi connectivity index (χ0) is 17.4. The molecule has 8 heteroatoms. The maximum atomic E-state index is 12.5. The van der Waals surface area contributed by atoms with Crippen LogP contribution in [0.4, 0.5) is 0 Å². The summed E-state index contributed by atoms with van der Waals surface area (Å²) in [4.78, 5) is 36.0. The lowest BCUT2D eigenvalue weighted by Gasteiger charge is -2.23. The lowest BCUT2D eigenvalue weighted by molar-refractivity contribution is 0.0905. The third-order valence-electron chi connectivity index (χ3n) is 3.47. The average molecular weight is 318 g/mol. The van der Waals surface area contributed by atoms with Crippen LogP contribution in [0.5, 0.6) is 0 Å². The smallest absolute Gasteiger partial charge is 0.264 e. The van der Waals surface area contributed by atoms with E-state index in [1.54, 1.807) is 27.7 Å². The minimum atomic E-state index is -0.822. The monoisotopic (exact) mass is 318 g/mol. The SMILES string of the molecule is Cc1nc(C(C)(C)NC(=O)c2c(C)nc(C(C)C)[nH]c2=O)n[nH]1. The highest BCUT2D eigenvalue weighted by molar-refractivity contribution is 5.95. The molecule has 0 aliphatic heterocycles. The lowest BCUT2D eigenvalue weighted by atomic mass is 10.0. The minimum absolute atomic E-state index is 0.00901. The summed E-state index contributed by atoms with van der Waals surface area (Å²) in [6.45, 7) is 10.8. The van der Waals surface area contributed by atoms with Crippen LogP contribution < -0.4 is 10.9 Å². The largest absolute Gasteiger partial charge is 0.340 e. The topological polar surface area (TPSA) is 116 Å². The second kappa shape index (κ2) is 5.94. The summed E-state index contributed by atoms with van der Waals surface area (Å²) < 4.78 is 0. The lowest BCUT2D eigenvalue weighted by Crippen LogP contribution is -2.44. The molecule has 0 saturated heterocycles. The van der Waals surface area contributed by atoms with Gasteiger partial charge in [0, 0.05) is 5.92 Å². The zero-order valence-corrected chi connectivity index (χ0v) is 14.2. The summed E-state index contributed by atoms with van der Waals surface area (Å²) >= 11 is 0. The summed E-state index contributed by atoms with van der Waals surface area (Å²) in [6, 6.07) is 0. The molecule has 1 amide bonds. The number of amides is 1. The second-order valence-corrected chi connectivity index (χ2v) is 6.39. The molecule has 0 bridgehead atoms. The maximum absolute atomic E-state index is 12.5. The number of hydrogen-bond acceptors (Lipinski definition) is 5. The number of H-pyrrole nitrogens is 2. The molecule has 0 aromatic carbocycles. The quantitative estimate of drug-likeness (QED) is 0.785. The summed E-state index contributed by atoms with van der Waals surface area (Å²) in [7, 11) is 0. The van der Waals surface area contributed by atoms with Gasteiger partial charge in [0.25, 0.3) is 11.5 Å². The number of carbonyl (C=O) groups is 1. The van der Waals surface area contributed by atoms with Crippen molar-refractivity contribution < 1.29 is 4.79 Å². The fourth-order valence-corrected chi connectivity index (χ4v) is 2.17. The summed E-state index contributed by atoms with van der Waals surface area (Å²) in [5, 5.41) is 9.59. The predicted octanol–water partition coefficient (Wildman–Crippen LogP) is 1.29. The average Bonchev–Trinajstić information content (AvgIpc) is 2.84. The number of nitrogens with zero attached hydrogens (tertiary/aromatic N) is 3. The molecule has 0 fully saturated rings. The first-order valence-corrected chi connectivity index (χ1v) is 7.44. The van der Waals surface area contributed by atoms with E-state index in [0.717, 1.165) is 0 Å². The normalized spacial score (nSPS) is 11.8. The van der Waals surface area contributed by atoms with Crippen molar-refractivity contribution in [3.63, 3.8) is 0 Å². The van der Waals surface area contributed by atoms with Gasteiger partial charge in [0.2, 0.25) is 0 Å². The molecule has 2 rings (SSSR count). The Kier molecular flexibility index (Phi) is 4.35. The highest BCUT2D eigenvalue weighted by atomic mass is 16.2. The van der Waals surface area contributed by atoms with Crippen LogP contribution in [0.1, 0.15) is 67.1 Å². The molecule has 0 spiro atoms. The summed E-state index contributed by atoms with van der Waals surface area (Å²) in [6.07, 6.45) is 0. The predicted molar refractivity (Wildman–Crippen MR) is 85.3 cm³/mol. The van der Waals surface area contributed by atoms with E-state index in [-0.39, 0.29) is 11.5 Å². The summed E-state index contributed by atoms with van der Waals surface area (Å²) in [5.41, 5.74) is -0.857. The maximum Gasteiger partial charge on any atom is 0.264 e. The van der Waals surface area contributed by atoms with Crippen LogP contribution in [-0.4, -0.2) is 31.1 Å². The molecular formula is C15H22N6O2. The molecule has 3 N–H and O–H groups in total. The van der Waals surface area contributed by atoms with Crippen molar-refractivity contribution in [2.45, 2.75) is 53.0 Å². The van der Waals surface area contributed by atoms with E-state index < -0.39 is 17.0 Å². The van der Waals surface area contributed by atoms with Gasteiger partial charge >= 0.3 is 0 Å². The number of carbonyl (C=O) groups excluding carboxylic acids is 1. The van der Waals surface area contributed by atoms with E-state index >= 15 is 0 Å². The molecule has 124 valence electrons. The molecule has 0 radical (unpaired) electrons. The van der Waals surface area contributed by atoms with Gasteiger partial charge in [-0.15, -0.1) is 0 Å². The van der Waals surface area contributed by atoms with Gasteiger partial charge in [-0.1, -0.05) is 13.8 Å². The van der Waals surface area contributed by atoms with Gasteiger partial charge in [0.05, 0.1) is 11.2 Å². The Morgan fingerprint density at radius 3 is 2.35 bits per heavy atom. The highest BCUT2D eigenvalue weighted by Crippen LogP contribution is 2.16. The Labute approximate surface area is 134 Å². The number of nitrogens with one attached hydrogen (secondary N) is 3. The van der Waals surface area contributed by atoms with E-state index in [1.165, 1.54) is 0 Å². The molecule has 0 aliphatic rings. The Hall–Kier alpha value is -2.51. The van der Waals surface area contributed by atoms with E-state index in [1.807, 2.05) is 13.8 Å². The standard InChI is InChI=1S/C15H22N6O2/c1-7(2)11-16-8(3)10(12(22)18-11)13(23)19-15(5,6)14-17-9(4)20-21-14/h7H,1-6H3,(H,19,23)(H,16,18,22)(H,17,20,21). The van der Waals surface area contributed by atoms with Crippen molar-refractivity contribution >= 4 is 5.91 Å². The number of rotatable bonds is 4. The highest BCUT2D eigenvalue weighted by Gasteiger charge is 2.29. The van der Waals surface area contributed by atoms with Gasteiger partial charge in [-0.2, -0.15) is 5.10 Å². The molecule has 8 nitrogen and oxygen atoms in total. The first kappa shape index (κ1) is 16.9. The van der Waals surface area contributed by atoms with Gasteiger partial charge in [0.15, 0.2) is 5.82 Å². The first-order valence-electron chi connectivity index (χ1n) is 7.44. The second-order valence-electron chi connectivity index (χ2n) is 6.39. The Morgan fingerprint density at radius 2 is 1.87 bits per heavy atom. The molecule has 23 heavy (non-hydrogen) atoms. The zero-order valence-electron chi connectivity index (χ0n) is 14.2. The Bertz CT molecular complexity index is 788. The fourth-order valence-electron chi connectivity index (χ4n) is 2.17. The summed E-state index contributed by atoms with van der Waals surface area (Å²) in [5.74, 6) is 1.24. The van der Waals surface area contributed by atoms with E-state index in [4.69, 9.17) is 0 Å². The molecule has 2 heterocycles.